The van der Waals surface area contributed by atoms with E-state index in [1.54, 1.807) is 6.92 Å². The predicted octanol–water partition coefficient (Wildman–Crippen LogP) is -1.43. The molecular weight excluding hydrogens is 200 g/mol. The number of amides is 1. The SMILES string of the molecule is CO[C@@H]1[C@@H](N)[C@@H](C)O[C@H](O)[C@H]1NC(C)=O. The van der Waals surface area contributed by atoms with Crippen LogP contribution in [0, 0.1) is 0 Å². The molecule has 6 heteroatoms. The topological polar surface area (TPSA) is 93.8 Å². The van der Waals surface area contributed by atoms with Crippen LogP contribution in [0.15, 0.2) is 0 Å². The van der Waals surface area contributed by atoms with E-state index in [9.17, 15) is 9.90 Å². The van der Waals surface area contributed by atoms with Crippen LogP contribution in [0.2, 0.25) is 0 Å². The molecule has 0 radical (unpaired) electrons. The third-order valence-electron chi connectivity index (χ3n) is 2.58. The Hall–Kier alpha value is -0.690. The molecule has 0 spiro atoms. The number of methoxy groups -OCH3 is 1. The monoisotopic (exact) mass is 218 g/mol. The fourth-order valence-electron chi connectivity index (χ4n) is 1.76. The number of hydrogen-bond donors (Lipinski definition) is 3. The molecule has 15 heavy (non-hydrogen) atoms. The lowest BCUT2D eigenvalue weighted by atomic mass is 9.95. The highest BCUT2D eigenvalue weighted by molar-refractivity contribution is 5.73. The molecule has 0 saturated carbocycles. The summed E-state index contributed by atoms with van der Waals surface area (Å²) in [5.41, 5.74) is 5.85. The van der Waals surface area contributed by atoms with Gasteiger partial charge < -0.3 is 25.6 Å². The quantitative estimate of drug-likeness (QED) is 0.528. The standard InChI is InChI=1S/C9H18N2O4/c1-4-6(10)8(14-3)7(9(13)15-4)11-5(2)12/h4,6-9,13H,10H2,1-3H3,(H,11,12)/t4-,6+,7+,8-,9+/m1/s1. The van der Waals surface area contributed by atoms with Crippen molar-refractivity contribution < 1.29 is 19.4 Å². The fraction of sp³-hybridized carbons (Fsp3) is 0.889. The molecular formula is C9H18N2O4. The summed E-state index contributed by atoms with van der Waals surface area (Å²) in [7, 11) is 1.49. The average Bonchev–Trinajstić information content (AvgIpc) is 2.14. The van der Waals surface area contributed by atoms with Crippen molar-refractivity contribution in [1.29, 1.82) is 0 Å². The van der Waals surface area contributed by atoms with Gasteiger partial charge in [0.05, 0.1) is 18.2 Å². The first-order valence-electron chi connectivity index (χ1n) is 4.86. The zero-order valence-corrected chi connectivity index (χ0v) is 9.14. The van der Waals surface area contributed by atoms with Gasteiger partial charge >= 0.3 is 0 Å². The van der Waals surface area contributed by atoms with Gasteiger partial charge in [0.2, 0.25) is 5.91 Å². The second-order valence-electron chi connectivity index (χ2n) is 3.74. The van der Waals surface area contributed by atoms with Gasteiger partial charge in [-0.15, -0.1) is 0 Å². The highest BCUT2D eigenvalue weighted by atomic mass is 16.6. The van der Waals surface area contributed by atoms with Gasteiger partial charge in [0, 0.05) is 14.0 Å². The number of rotatable bonds is 2. The minimum Gasteiger partial charge on any atom is -0.377 e. The molecule has 1 saturated heterocycles. The number of nitrogens with one attached hydrogen (secondary N) is 1. The van der Waals surface area contributed by atoms with E-state index in [0.717, 1.165) is 0 Å². The Bertz CT molecular complexity index is 236. The number of hydrogen-bond acceptors (Lipinski definition) is 5. The van der Waals surface area contributed by atoms with E-state index in [1.165, 1.54) is 14.0 Å². The van der Waals surface area contributed by atoms with Crippen LogP contribution in [0.3, 0.4) is 0 Å². The number of ether oxygens (including phenoxy) is 2. The van der Waals surface area contributed by atoms with Gasteiger partial charge in [-0.2, -0.15) is 0 Å². The minimum absolute atomic E-state index is 0.258. The van der Waals surface area contributed by atoms with E-state index in [1.807, 2.05) is 0 Å². The van der Waals surface area contributed by atoms with E-state index < -0.39 is 18.4 Å². The Balaban J connectivity index is 2.76. The Kier molecular flexibility index (Phi) is 4.04. The third kappa shape index (κ3) is 2.66. The van der Waals surface area contributed by atoms with Gasteiger partial charge in [0.25, 0.3) is 0 Å². The van der Waals surface area contributed by atoms with Crippen LogP contribution in [-0.4, -0.2) is 48.7 Å². The van der Waals surface area contributed by atoms with Crippen LogP contribution < -0.4 is 11.1 Å². The molecule has 0 aromatic rings. The van der Waals surface area contributed by atoms with Crippen LogP contribution in [0.1, 0.15) is 13.8 Å². The normalized spacial score (nSPS) is 41.3. The number of nitrogens with two attached hydrogens (primary N) is 1. The van der Waals surface area contributed by atoms with Gasteiger partial charge in [0.1, 0.15) is 6.04 Å². The van der Waals surface area contributed by atoms with Gasteiger partial charge in [-0.1, -0.05) is 0 Å². The van der Waals surface area contributed by atoms with Crippen molar-refractivity contribution in [2.45, 2.75) is 44.4 Å². The van der Waals surface area contributed by atoms with E-state index in [0.29, 0.717) is 0 Å². The zero-order chi connectivity index (χ0) is 11.6. The van der Waals surface area contributed by atoms with Crippen molar-refractivity contribution >= 4 is 5.91 Å². The van der Waals surface area contributed by atoms with Crippen LogP contribution in [0.25, 0.3) is 0 Å². The van der Waals surface area contributed by atoms with Crippen LogP contribution in [-0.2, 0) is 14.3 Å². The molecule has 5 atom stereocenters. The summed E-state index contributed by atoms with van der Waals surface area (Å²) in [6.45, 7) is 3.12. The number of carbonyl (C=O) groups is 1. The van der Waals surface area contributed by atoms with E-state index in [-0.39, 0.29) is 18.1 Å². The highest BCUT2D eigenvalue weighted by Crippen LogP contribution is 2.20. The molecule has 0 aliphatic carbocycles. The Morgan fingerprint density at radius 1 is 1.60 bits per heavy atom. The molecule has 0 aromatic heterocycles. The van der Waals surface area contributed by atoms with Crippen LogP contribution >= 0.6 is 0 Å². The molecule has 0 aromatic carbocycles. The van der Waals surface area contributed by atoms with Gasteiger partial charge in [0.15, 0.2) is 6.29 Å². The molecule has 6 nitrogen and oxygen atoms in total. The number of carbonyl (C=O) groups excluding carboxylic acids is 1. The molecule has 88 valence electrons. The summed E-state index contributed by atoms with van der Waals surface area (Å²) in [5.74, 6) is -0.258. The van der Waals surface area contributed by atoms with Gasteiger partial charge in [-0.3, -0.25) is 4.79 Å². The summed E-state index contributed by atoms with van der Waals surface area (Å²) < 4.78 is 10.4. The van der Waals surface area contributed by atoms with Crippen molar-refractivity contribution in [1.82, 2.24) is 5.32 Å². The maximum Gasteiger partial charge on any atom is 0.217 e. The maximum absolute atomic E-state index is 10.9. The van der Waals surface area contributed by atoms with E-state index in [2.05, 4.69) is 5.32 Å². The average molecular weight is 218 g/mol. The Morgan fingerprint density at radius 3 is 2.67 bits per heavy atom. The van der Waals surface area contributed by atoms with E-state index >= 15 is 0 Å². The summed E-state index contributed by atoms with van der Waals surface area (Å²) >= 11 is 0. The first kappa shape index (κ1) is 12.4. The number of aliphatic hydroxyl groups is 1. The lowest BCUT2D eigenvalue weighted by Gasteiger charge is -2.42. The largest absolute Gasteiger partial charge is 0.377 e. The molecule has 1 rings (SSSR count). The Morgan fingerprint density at radius 2 is 2.20 bits per heavy atom. The molecule has 1 aliphatic rings. The van der Waals surface area contributed by atoms with Gasteiger partial charge in [-0.25, -0.2) is 0 Å². The summed E-state index contributed by atoms with van der Waals surface area (Å²) in [4.78, 5) is 10.9. The Labute approximate surface area is 88.7 Å². The lowest BCUT2D eigenvalue weighted by molar-refractivity contribution is -0.214. The summed E-state index contributed by atoms with van der Waals surface area (Å²) in [6, 6.07) is -1.01. The van der Waals surface area contributed by atoms with Crippen molar-refractivity contribution in [3.8, 4) is 0 Å². The summed E-state index contributed by atoms with van der Waals surface area (Å²) in [6.07, 6.45) is -1.85. The maximum atomic E-state index is 10.9. The second-order valence-corrected chi connectivity index (χ2v) is 3.74. The first-order chi connectivity index (χ1) is 6.97. The van der Waals surface area contributed by atoms with E-state index in [4.69, 9.17) is 15.2 Å². The first-order valence-corrected chi connectivity index (χ1v) is 4.86. The smallest absolute Gasteiger partial charge is 0.217 e. The zero-order valence-electron chi connectivity index (χ0n) is 9.14. The molecule has 1 heterocycles. The molecule has 0 bridgehead atoms. The third-order valence-corrected chi connectivity index (χ3v) is 2.58. The lowest BCUT2D eigenvalue weighted by Crippen LogP contribution is -2.65. The van der Waals surface area contributed by atoms with Crippen molar-refractivity contribution in [2.24, 2.45) is 5.73 Å². The predicted molar refractivity (Wildman–Crippen MR) is 52.9 cm³/mol. The molecule has 1 aliphatic heterocycles. The van der Waals surface area contributed by atoms with Crippen molar-refractivity contribution in [2.75, 3.05) is 7.11 Å². The second kappa shape index (κ2) is 4.89. The van der Waals surface area contributed by atoms with Crippen molar-refractivity contribution in [3.05, 3.63) is 0 Å². The minimum atomic E-state index is -1.09. The highest BCUT2D eigenvalue weighted by Gasteiger charge is 2.42. The summed E-state index contributed by atoms with van der Waals surface area (Å²) in [5, 5.41) is 12.2. The van der Waals surface area contributed by atoms with Crippen molar-refractivity contribution in [3.63, 3.8) is 0 Å². The number of aliphatic hydroxyl groups excluding tert-OH is 1. The van der Waals surface area contributed by atoms with Gasteiger partial charge in [-0.05, 0) is 6.92 Å². The molecule has 1 fully saturated rings. The molecule has 4 N–H and O–H groups in total. The molecule has 0 unspecified atom stereocenters. The van der Waals surface area contributed by atoms with Crippen LogP contribution in [0.4, 0.5) is 0 Å². The fourth-order valence-corrected chi connectivity index (χ4v) is 1.76. The molecule has 1 amide bonds. The van der Waals surface area contributed by atoms with Crippen LogP contribution in [0.5, 0.6) is 0 Å².